The number of rotatable bonds is 7. The van der Waals surface area contributed by atoms with Crippen LogP contribution in [0.2, 0.25) is 0 Å². The van der Waals surface area contributed by atoms with E-state index in [1.165, 1.54) is 5.56 Å². The van der Waals surface area contributed by atoms with Gasteiger partial charge in [0, 0.05) is 6.54 Å². The predicted octanol–water partition coefficient (Wildman–Crippen LogP) is 1.51. The lowest BCUT2D eigenvalue weighted by Crippen LogP contribution is -2.51. The first-order valence-corrected chi connectivity index (χ1v) is 7.47. The van der Waals surface area contributed by atoms with Crippen molar-refractivity contribution in [3.63, 3.8) is 0 Å². The molecule has 21 heavy (non-hydrogen) atoms. The Morgan fingerprint density at radius 1 is 1.29 bits per heavy atom. The maximum atomic E-state index is 5.49. The third kappa shape index (κ3) is 4.59. The first-order valence-electron chi connectivity index (χ1n) is 7.47. The molecule has 0 aromatic heterocycles. The van der Waals surface area contributed by atoms with Crippen molar-refractivity contribution in [2.45, 2.75) is 19.0 Å². The van der Waals surface area contributed by atoms with E-state index in [1.807, 2.05) is 6.07 Å². The SMILES string of the molecule is COc1ccc(CCCN(C)C2COCCN2)cc1OC. The highest BCUT2D eigenvalue weighted by molar-refractivity contribution is 5.42. The van der Waals surface area contributed by atoms with Crippen LogP contribution in [0.1, 0.15) is 12.0 Å². The van der Waals surface area contributed by atoms with Crippen LogP contribution in [-0.2, 0) is 11.2 Å². The second kappa shape index (κ2) is 8.22. The Morgan fingerprint density at radius 2 is 2.10 bits per heavy atom. The molecule has 0 saturated carbocycles. The lowest BCUT2D eigenvalue weighted by molar-refractivity contribution is 0.0191. The van der Waals surface area contributed by atoms with E-state index in [9.17, 15) is 0 Å². The minimum Gasteiger partial charge on any atom is -0.493 e. The molecule has 0 spiro atoms. The summed E-state index contributed by atoms with van der Waals surface area (Å²) in [6.45, 7) is 3.56. The van der Waals surface area contributed by atoms with Crippen molar-refractivity contribution in [1.29, 1.82) is 0 Å². The third-order valence-electron chi connectivity index (χ3n) is 3.86. The zero-order chi connectivity index (χ0) is 15.1. The van der Waals surface area contributed by atoms with Crippen LogP contribution in [0, 0.1) is 0 Å². The van der Waals surface area contributed by atoms with Gasteiger partial charge in [0.15, 0.2) is 11.5 Å². The molecule has 0 aliphatic carbocycles. The Balaban J connectivity index is 1.80. The lowest BCUT2D eigenvalue weighted by atomic mass is 10.1. The van der Waals surface area contributed by atoms with Crippen molar-refractivity contribution in [2.75, 3.05) is 47.6 Å². The average molecular weight is 294 g/mol. The van der Waals surface area contributed by atoms with Crippen LogP contribution >= 0.6 is 0 Å². The van der Waals surface area contributed by atoms with Crippen molar-refractivity contribution >= 4 is 0 Å². The van der Waals surface area contributed by atoms with Gasteiger partial charge in [0.2, 0.25) is 0 Å². The molecule has 0 amide bonds. The minimum atomic E-state index is 0.337. The monoisotopic (exact) mass is 294 g/mol. The zero-order valence-corrected chi connectivity index (χ0v) is 13.2. The van der Waals surface area contributed by atoms with Crippen LogP contribution in [0.25, 0.3) is 0 Å². The minimum absolute atomic E-state index is 0.337. The lowest BCUT2D eigenvalue weighted by Gasteiger charge is -2.32. The fourth-order valence-electron chi connectivity index (χ4n) is 2.56. The number of hydrogen-bond acceptors (Lipinski definition) is 5. The summed E-state index contributed by atoms with van der Waals surface area (Å²) in [4.78, 5) is 2.32. The van der Waals surface area contributed by atoms with Crippen molar-refractivity contribution in [3.05, 3.63) is 23.8 Å². The van der Waals surface area contributed by atoms with Crippen molar-refractivity contribution in [2.24, 2.45) is 0 Å². The second-order valence-corrected chi connectivity index (χ2v) is 5.32. The Labute approximate surface area is 127 Å². The number of aryl methyl sites for hydroxylation is 1. The summed E-state index contributed by atoms with van der Waals surface area (Å²) in [5, 5.41) is 3.47. The van der Waals surface area contributed by atoms with Crippen molar-refractivity contribution in [3.8, 4) is 11.5 Å². The van der Waals surface area contributed by atoms with Gasteiger partial charge in [0.05, 0.1) is 33.6 Å². The van der Waals surface area contributed by atoms with E-state index in [1.54, 1.807) is 14.2 Å². The summed E-state index contributed by atoms with van der Waals surface area (Å²) < 4.78 is 16.1. The molecule has 2 rings (SSSR count). The number of likely N-dealkylation sites (N-methyl/N-ethyl adjacent to an activating group) is 1. The molecule has 5 heteroatoms. The highest BCUT2D eigenvalue weighted by Gasteiger charge is 2.17. The number of morpholine rings is 1. The first kappa shape index (κ1) is 16.1. The zero-order valence-electron chi connectivity index (χ0n) is 13.2. The van der Waals surface area contributed by atoms with Crippen LogP contribution in [0.15, 0.2) is 18.2 Å². The number of nitrogens with one attached hydrogen (secondary N) is 1. The normalized spacial score (nSPS) is 18.8. The first-order chi connectivity index (χ1) is 10.2. The van der Waals surface area contributed by atoms with Crippen molar-refractivity contribution in [1.82, 2.24) is 10.2 Å². The number of hydrogen-bond donors (Lipinski definition) is 1. The topological polar surface area (TPSA) is 43.0 Å². The molecule has 5 nitrogen and oxygen atoms in total. The molecule has 0 radical (unpaired) electrons. The van der Waals surface area contributed by atoms with E-state index >= 15 is 0 Å². The maximum Gasteiger partial charge on any atom is 0.160 e. The van der Waals surface area contributed by atoms with Crippen LogP contribution < -0.4 is 14.8 Å². The van der Waals surface area contributed by atoms with Gasteiger partial charge < -0.3 is 14.2 Å². The Bertz CT molecular complexity index is 434. The average Bonchev–Trinajstić information content (AvgIpc) is 2.55. The highest BCUT2D eigenvalue weighted by Crippen LogP contribution is 2.27. The van der Waals surface area contributed by atoms with E-state index in [0.29, 0.717) is 6.17 Å². The second-order valence-electron chi connectivity index (χ2n) is 5.32. The molecule has 1 aromatic rings. The standard InChI is InChI=1S/C16H26N2O3/c1-18(16-12-21-10-8-17-16)9-4-5-13-6-7-14(19-2)15(11-13)20-3/h6-7,11,16-17H,4-5,8-10,12H2,1-3H3. The van der Waals surface area contributed by atoms with Crippen LogP contribution in [-0.4, -0.2) is 58.6 Å². The van der Waals surface area contributed by atoms with Gasteiger partial charge in [0.1, 0.15) is 0 Å². The van der Waals surface area contributed by atoms with Gasteiger partial charge >= 0.3 is 0 Å². The number of ether oxygens (including phenoxy) is 3. The Hall–Kier alpha value is -1.30. The molecule has 1 fully saturated rings. The fourth-order valence-corrected chi connectivity index (χ4v) is 2.56. The molecule has 1 N–H and O–H groups in total. The molecule has 118 valence electrons. The molecule has 1 heterocycles. The molecule has 1 atom stereocenters. The summed E-state index contributed by atoms with van der Waals surface area (Å²) in [6.07, 6.45) is 2.46. The van der Waals surface area contributed by atoms with Gasteiger partial charge in [-0.1, -0.05) is 6.07 Å². The molecule has 1 unspecified atom stereocenters. The third-order valence-corrected chi connectivity index (χ3v) is 3.86. The van der Waals surface area contributed by atoms with Gasteiger partial charge in [-0.2, -0.15) is 0 Å². The van der Waals surface area contributed by atoms with Crippen LogP contribution in [0.3, 0.4) is 0 Å². The van der Waals surface area contributed by atoms with Crippen LogP contribution in [0.5, 0.6) is 11.5 Å². The molecular formula is C16H26N2O3. The molecule has 1 aliphatic heterocycles. The molecule has 1 aromatic carbocycles. The maximum absolute atomic E-state index is 5.49. The van der Waals surface area contributed by atoms with Gasteiger partial charge in [-0.05, 0) is 44.1 Å². The number of methoxy groups -OCH3 is 2. The summed E-state index contributed by atoms with van der Waals surface area (Å²) in [5.41, 5.74) is 1.27. The molecular weight excluding hydrogens is 268 g/mol. The fraction of sp³-hybridized carbons (Fsp3) is 0.625. The Kier molecular flexibility index (Phi) is 6.29. The summed E-state index contributed by atoms with van der Waals surface area (Å²) in [5.74, 6) is 1.58. The van der Waals surface area contributed by atoms with E-state index in [2.05, 4.69) is 29.4 Å². The molecule has 1 saturated heterocycles. The van der Waals surface area contributed by atoms with E-state index in [-0.39, 0.29) is 0 Å². The van der Waals surface area contributed by atoms with Gasteiger partial charge in [-0.15, -0.1) is 0 Å². The number of nitrogens with zero attached hydrogens (tertiary/aromatic N) is 1. The largest absolute Gasteiger partial charge is 0.493 e. The summed E-state index contributed by atoms with van der Waals surface area (Å²) in [7, 11) is 5.47. The van der Waals surface area contributed by atoms with Gasteiger partial charge in [0.25, 0.3) is 0 Å². The van der Waals surface area contributed by atoms with E-state index in [4.69, 9.17) is 14.2 Å². The van der Waals surface area contributed by atoms with Crippen molar-refractivity contribution < 1.29 is 14.2 Å². The molecule has 1 aliphatic rings. The van der Waals surface area contributed by atoms with Gasteiger partial charge in [-0.25, -0.2) is 0 Å². The van der Waals surface area contributed by atoms with Crippen LogP contribution in [0.4, 0.5) is 0 Å². The highest BCUT2D eigenvalue weighted by atomic mass is 16.5. The number of benzene rings is 1. The predicted molar refractivity (Wildman–Crippen MR) is 83.1 cm³/mol. The summed E-state index contributed by atoms with van der Waals surface area (Å²) in [6, 6.07) is 6.12. The smallest absolute Gasteiger partial charge is 0.160 e. The molecule has 0 bridgehead atoms. The van der Waals surface area contributed by atoms with E-state index in [0.717, 1.165) is 50.6 Å². The van der Waals surface area contributed by atoms with E-state index < -0.39 is 0 Å². The van der Waals surface area contributed by atoms with Gasteiger partial charge in [-0.3, -0.25) is 10.2 Å². The quantitative estimate of drug-likeness (QED) is 0.826. The Morgan fingerprint density at radius 3 is 2.76 bits per heavy atom. The summed E-state index contributed by atoms with van der Waals surface area (Å²) >= 11 is 0.